The molecule has 0 aromatic heterocycles. The maximum absolute atomic E-state index is 10.9. The molecule has 2 aliphatic heterocycles. The predicted octanol–water partition coefficient (Wildman–Crippen LogP) is 6.16. The summed E-state index contributed by atoms with van der Waals surface area (Å²) in [5.41, 5.74) is 5.48. The summed E-state index contributed by atoms with van der Waals surface area (Å²) in [5, 5.41) is 0. The van der Waals surface area contributed by atoms with E-state index in [2.05, 4.69) is 24.3 Å². The maximum atomic E-state index is 10.9. The van der Waals surface area contributed by atoms with E-state index in [9.17, 15) is 4.79 Å². The van der Waals surface area contributed by atoms with Gasteiger partial charge in [-0.15, -0.1) is 0 Å². The first-order valence-electron chi connectivity index (χ1n) is 12.7. The number of aldehydes is 1. The molecule has 2 heterocycles. The second kappa shape index (κ2) is 12.6. The topological polar surface area (TPSA) is 63.2 Å². The molecule has 0 aliphatic carbocycles. The van der Waals surface area contributed by atoms with Gasteiger partial charge in [0, 0.05) is 23.0 Å². The molecule has 0 amide bonds. The number of ether oxygens (including phenoxy) is 5. The third kappa shape index (κ3) is 6.44. The van der Waals surface area contributed by atoms with Crippen molar-refractivity contribution in [1.29, 1.82) is 0 Å². The number of rotatable bonds is 7. The van der Waals surface area contributed by atoms with Crippen LogP contribution in [0.15, 0.2) is 54.6 Å². The second-order valence-corrected chi connectivity index (χ2v) is 9.43. The average Bonchev–Trinajstić information content (AvgIpc) is 2.93. The Balaban J connectivity index is 0.000000186. The lowest BCUT2D eigenvalue weighted by Gasteiger charge is -2.27. The summed E-state index contributed by atoms with van der Waals surface area (Å²) in [7, 11) is 3.34. The fourth-order valence-corrected chi connectivity index (χ4v) is 4.78. The van der Waals surface area contributed by atoms with Crippen LogP contribution in [0.3, 0.4) is 0 Å². The van der Waals surface area contributed by atoms with Crippen LogP contribution in [-0.4, -0.2) is 40.3 Å². The van der Waals surface area contributed by atoms with Gasteiger partial charge in [-0.2, -0.15) is 0 Å². The van der Waals surface area contributed by atoms with Crippen LogP contribution in [-0.2, 0) is 16.1 Å². The van der Waals surface area contributed by atoms with E-state index in [1.54, 1.807) is 14.2 Å². The van der Waals surface area contributed by atoms with Gasteiger partial charge in [0.1, 0.15) is 29.3 Å². The SMILES string of the molecule is COc1cc2c(cc1C)OCCC2C=O.COc1cc2c(cc1C)OCCC2COCc1ccccc1. The maximum Gasteiger partial charge on any atom is 0.127 e. The molecule has 3 aromatic carbocycles. The van der Waals surface area contributed by atoms with Crippen LogP contribution in [0.5, 0.6) is 23.0 Å². The number of carbonyl (C=O) groups is 1. The Bertz CT molecular complexity index is 1190. The van der Waals surface area contributed by atoms with Gasteiger partial charge in [0.05, 0.1) is 40.6 Å². The van der Waals surface area contributed by atoms with E-state index in [-0.39, 0.29) is 5.92 Å². The minimum atomic E-state index is -0.0525. The lowest BCUT2D eigenvalue weighted by Crippen LogP contribution is -2.18. The van der Waals surface area contributed by atoms with Crippen LogP contribution < -0.4 is 18.9 Å². The summed E-state index contributed by atoms with van der Waals surface area (Å²) in [6, 6.07) is 18.3. The molecule has 2 unspecified atom stereocenters. The monoisotopic (exact) mass is 504 g/mol. The highest BCUT2D eigenvalue weighted by molar-refractivity contribution is 5.66. The van der Waals surface area contributed by atoms with Crippen molar-refractivity contribution >= 4 is 6.29 Å². The van der Waals surface area contributed by atoms with Crippen LogP contribution in [0.4, 0.5) is 0 Å². The summed E-state index contributed by atoms with van der Waals surface area (Å²) < 4.78 is 27.9. The molecule has 6 nitrogen and oxygen atoms in total. The molecule has 5 rings (SSSR count). The normalized spacial score (nSPS) is 17.6. The average molecular weight is 505 g/mol. The molecule has 196 valence electrons. The highest BCUT2D eigenvalue weighted by Crippen LogP contribution is 2.39. The highest BCUT2D eigenvalue weighted by Gasteiger charge is 2.24. The Kier molecular flexibility index (Phi) is 9.07. The van der Waals surface area contributed by atoms with Crippen LogP contribution >= 0.6 is 0 Å². The Morgan fingerprint density at radius 3 is 2.05 bits per heavy atom. The quantitative estimate of drug-likeness (QED) is 0.360. The Morgan fingerprint density at radius 2 is 1.43 bits per heavy atom. The number of aryl methyl sites for hydroxylation is 2. The first kappa shape index (κ1) is 26.6. The van der Waals surface area contributed by atoms with Gasteiger partial charge < -0.3 is 28.5 Å². The number of fused-ring (bicyclic) bond motifs is 2. The summed E-state index contributed by atoms with van der Waals surface area (Å²) in [5.74, 6) is 3.82. The molecule has 0 fully saturated rings. The number of carbonyl (C=O) groups excluding carboxylic acids is 1. The molecule has 0 radical (unpaired) electrons. The lowest BCUT2D eigenvalue weighted by atomic mass is 9.92. The predicted molar refractivity (Wildman–Crippen MR) is 143 cm³/mol. The lowest BCUT2D eigenvalue weighted by molar-refractivity contribution is -0.109. The smallest absolute Gasteiger partial charge is 0.127 e. The molecule has 37 heavy (non-hydrogen) atoms. The molecule has 0 saturated heterocycles. The third-order valence-electron chi connectivity index (χ3n) is 6.90. The Hall–Kier alpha value is -3.51. The van der Waals surface area contributed by atoms with Gasteiger partial charge in [-0.05, 0) is 67.6 Å². The standard InChI is InChI=1S/C19H22O3.C12H14O3/c1-14-10-19-17(11-18(14)20-2)16(8-9-22-19)13-21-12-15-6-4-3-5-7-15;1-8-5-12-10(6-11(8)14-2)9(7-13)3-4-15-12/h3-7,10-11,16H,8-9,12-13H2,1-2H3;5-7,9H,3-4H2,1-2H3. The van der Waals surface area contributed by atoms with Crippen molar-refractivity contribution in [2.24, 2.45) is 0 Å². The molecule has 0 N–H and O–H groups in total. The minimum absolute atomic E-state index is 0.0525. The van der Waals surface area contributed by atoms with Crippen LogP contribution in [0.25, 0.3) is 0 Å². The van der Waals surface area contributed by atoms with Crippen molar-refractivity contribution in [2.45, 2.75) is 45.1 Å². The molecule has 2 atom stereocenters. The van der Waals surface area contributed by atoms with E-state index in [0.717, 1.165) is 65.4 Å². The highest BCUT2D eigenvalue weighted by atomic mass is 16.5. The molecular formula is C31H36O6. The molecule has 6 heteroatoms. The fourth-order valence-electron chi connectivity index (χ4n) is 4.78. The van der Waals surface area contributed by atoms with Crippen molar-refractivity contribution in [2.75, 3.05) is 34.0 Å². The Labute approximate surface area is 219 Å². The second-order valence-electron chi connectivity index (χ2n) is 9.43. The van der Waals surface area contributed by atoms with E-state index < -0.39 is 0 Å². The molecule has 0 spiro atoms. The van der Waals surface area contributed by atoms with Gasteiger partial charge in [-0.25, -0.2) is 0 Å². The van der Waals surface area contributed by atoms with Crippen molar-refractivity contribution in [3.8, 4) is 23.0 Å². The molecule has 0 saturated carbocycles. The number of hydrogen-bond acceptors (Lipinski definition) is 6. The summed E-state index contributed by atoms with van der Waals surface area (Å²) >= 11 is 0. The van der Waals surface area contributed by atoms with Crippen molar-refractivity contribution < 1.29 is 28.5 Å². The van der Waals surface area contributed by atoms with E-state index in [0.29, 0.717) is 25.7 Å². The number of hydrogen-bond donors (Lipinski definition) is 0. The van der Waals surface area contributed by atoms with Gasteiger partial charge >= 0.3 is 0 Å². The zero-order valence-electron chi connectivity index (χ0n) is 22.1. The van der Waals surface area contributed by atoms with E-state index in [1.165, 1.54) is 11.1 Å². The molecule has 0 bridgehead atoms. The first-order valence-corrected chi connectivity index (χ1v) is 12.7. The molecule has 2 aliphatic rings. The first-order chi connectivity index (χ1) is 18.0. The van der Waals surface area contributed by atoms with Gasteiger partial charge in [0.15, 0.2) is 0 Å². The van der Waals surface area contributed by atoms with E-state index >= 15 is 0 Å². The summed E-state index contributed by atoms with van der Waals surface area (Å²) in [4.78, 5) is 10.9. The zero-order chi connectivity index (χ0) is 26.2. The van der Waals surface area contributed by atoms with Gasteiger partial charge in [-0.3, -0.25) is 0 Å². The minimum Gasteiger partial charge on any atom is -0.496 e. The van der Waals surface area contributed by atoms with Gasteiger partial charge in [-0.1, -0.05) is 30.3 Å². The van der Waals surface area contributed by atoms with E-state index in [4.69, 9.17) is 23.7 Å². The largest absolute Gasteiger partial charge is 0.496 e. The van der Waals surface area contributed by atoms with Crippen LogP contribution in [0, 0.1) is 13.8 Å². The summed E-state index contributed by atoms with van der Waals surface area (Å²) in [6.45, 7) is 6.72. The number of benzene rings is 3. The molecule has 3 aromatic rings. The van der Waals surface area contributed by atoms with Gasteiger partial charge in [0.2, 0.25) is 0 Å². The molecular weight excluding hydrogens is 468 g/mol. The fraction of sp³-hybridized carbons (Fsp3) is 0.387. The summed E-state index contributed by atoms with van der Waals surface area (Å²) in [6.07, 6.45) is 2.72. The van der Waals surface area contributed by atoms with Crippen molar-refractivity contribution in [3.63, 3.8) is 0 Å². The van der Waals surface area contributed by atoms with Crippen molar-refractivity contribution in [1.82, 2.24) is 0 Å². The van der Waals surface area contributed by atoms with Crippen LogP contribution in [0.1, 0.15) is 52.5 Å². The number of methoxy groups -OCH3 is 2. The Morgan fingerprint density at radius 1 is 0.838 bits per heavy atom. The van der Waals surface area contributed by atoms with Crippen molar-refractivity contribution in [3.05, 3.63) is 82.4 Å². The van der Waals surface area contributed by atoms with Crippen LogP contribution in [0.2, 0.25) is 0 Å². The van der Waals surface area contributed by atoms with Gasteiger partial charge in [0.25, 0.3) is 0 Å². The third-order valence-corrected chi connectivity index (χ3v) is 6.90. The van der Waals surface area contributed by atoms with E-state index in [1.807, 2.05) is 44.2 Å². The zero-order valence-corrected chi connectivity index (χ0v) is 22.1.